The molecule has 0 aromatic rings. The van der Waals surface area contributed by atoms with E-state index in [-0.39, 0.29) is 11.4 Å². The molecule has 2 amide bonds. The smallest absolute Gasteiger partial charge is 0.314 e. The Kier molecular flexibility index (Phi) is 4.59. The van der Waals surface area contributed by atoms with Gasteiger partial charge in [0.25, 0.3) is 0 Å². The number of carbonyl (C=O) groups is 1. The predicted octanol–water partition coefficient (Wildman–Crippen LogP) is 1.28. The van der Waals surface area contributed by atoms with E-state index in [0.29, 0.717) is 12.5 Å². The van der Waals surface area contributed by atoms with Gasteiger partial charge in [0, 0.05) is 19.6 Å². The number of nitrogens with zero attached hydrogens (tertiary/aromatic N) is 1. The number of carbonyl (C=O) groups excluding carboxylic acids is 1. The van der Waals surface area contributed by atoms with Crippen molar-refractivity contribution in [1.82, 2.24) is 15.5 Å². The van der Waals surface area contributed by atoms with Gasteiger partial charge in [-0.1, -0.05) is 20.8 Å². The fraction of sp³-hybridized carbons (Fsp3) is 0.917. The highest BCUT2D eigenvalue weighted by atomic mass is 16.2. The Balaban J connectivity index is 2.11. The van der Waals surface area contributed by atoms with Gasteiger partial charge < -0.3 is 15.5 Å². The summed E-state index contributed by atoms with van der Waals surface area (Å²) in [5, 5.41) is 5.84. The monoisotopic (exact) mass is 227 g/mol. The van der Waals surface area contributed by atoms with E-state index in [1.807, 2.05) is 0 Å². The maximum Gasteiger partial charge on any atom is 0.314 e. The van der Waals surface area contributed by atoms with E-state index in [1.165, 1.54) is 6.42 Å². The molecule has 1 saturated heterocycles. The van der Waals surface area contributed by atoms with Gasteiger partial charge in [-0.25, -0.2) is 4.79 Å². The summed E-state index contributed by atoms with van der Waals surface area (Å²) < 4.78 is 0. The van der Waals surface area contributed by atoms with Gasteiger partial charge in [-0.2, -0.15) is 0 Å². The molecule has 1 aliphatic heterocycles. The zero-order valence-corrected chi connectivity index (χ0v) is 11.0. The zero-order valence-electron chi connectivity index (χ0n) is 11.0. The quantitative estimate of drug-likeness (QED) is 0.763. The number of likely N-dealkylation sites (tertiary alicyclic amines) is 1. The molecule has 0 aliphatic carbocycles. The van der Waals surface area contributed by atoms with Crippen LogP contribution in [0, 0.1) is 11.3 Å². The summed E-state index contributed by atoms with van der Waals surface area (Å²) in [4.78, 5) is 13.8. The van der Waals surface area contributed by atoms with Crippen molar-refractivity contribution in [2.24, 2.45) is 11.3 Å². The van der Waals surface area contributed by atoms with Crippen LogP contribution < -0.4 is 10.6 Å². The third kappa shape index (κ3) is 5.35. The summed E-state index contributed by atoms with van der Waals surface area (Å²) in [6.45, 7) is 10.1. The Hall–Kier alpha value is -0.770. The third-order valence-corrected chi connectivity index (χ3v) is 2.82. The van der Waals surface area contributed by atoms with E-state index in [1.54, 1.807) is 0 Å². The number of hydrogen-bond acceptors (Lipinski definition) is 2. The van der Waals surface area contributed by atoms with Gasteiger partial charge in [-0.15, -0.1) is 0 Å². The molecule has 1 heterocycles. The number of nitrogens with one attached hydrogen (secondary N) is 2. The van der Waals surface area contributed by atoms with Gasteiger partial charge in [-0.3, -0.25) is 0 Å². The molecule has 16 heavy (non-hydrogen) atoms. The standard InChI is InChI=1S/C12H25N3O/c1-12(2,3)9-14-11(16)13-7-10-5-6-15(4)8-10/h10H,5-9H2,1-4H3,(H2,13,14,16). The molecule has 0 saturated carbocycles. The van der Waals surface area contributed by atoms with Crippen LogP contribution in [-0.4, -0.2) is 44.2 Å². The third-order valence-electron chi connectivity index (χ3n) is 2.82. The molecular formula is C12H25N3O. The highest BCUT2D eigenvalue weighted by molar-refractivity contribution is 5.73. The molecule has 94 valence electrons. The first-order valence-corrected chi connectivity index (χ1v) is 6.07. The molecule has 4 heteroatoms. The first-order chi connectivity index (χ1) is 7.37. The first-order valence-electron chi connectivity index (χ1n) is 6.07. The molecule has 0 spiro atoms. The van der Waals surface area contributed by atoms with E-state index in [9.17, 15) is 4.79 Å². The normalized spacial score (nSPS) is 22.1. The number of urea groups is 1. The summed E-state index contributed by atoms with van der Waals surface area (Å²) in [5.74, 6) is 0.616. The van der Waals surface area contributed by atoms with Crippen LogP contribution in [0.1, 0.15) is 27.2 Å². The average Bonchev–Trinajstić information content (AvgIpc) is 2.57. The van der Waals surface area contributed by atoms with Gasteiger partial charge in [0.05, 0.1) is 0 Å². The lowest BCUT2D eigenvalue weighted by atomic mass is 9.97. The van der Waals surface area contributed by atoms with Gasteiger partial charge in [0.1, 0.15) is 0 Å². The summed E-state index contributed by atoms with van der Waals surface area (Å²) >= 11 is 0. The minimum Gasteiger partial charge on any atom is -0.338 e. The molecule has 0 bridgehead atoms. The van der Waals surface area contributed by atoms with Crippen molar-refractivity contribution in [2.45, 2.75) is 27.2 Å². The topological polar surface area (TPSA) is 44.4 Å². The van der Waals surface area contributed by atoms with Crippen LogP contribution >= 0.6 is 0 Å². The minimum absolute atomic E-state index is 0.0375. The molecule has 0 aromatic carbocycles. The van der Waals surface area contributed by atoms with Gasteiger partial charge in [-0.05, 0) is 31.3 Å². The van der Waals surface area contributed by atoms with E-state index >= 15 is 0 Å². The molecular weight excluding hydrogens is 202 g/mol. The highest BCUT2D eigenvalue weighted by Crippen LogP contribution is 2.13. The van der Waals surface area contributed by atoms with Crippen LogP contribution in [0.15, 0.2) is 0 Å². The van der Waals surface area contributed by atoms with E-state index in [2.05, 4.69) is 43.4 Å². The largest absolute Gasteiger partial charge is 0.338 e. The van der Waals surface area contributed by atoms with Crippen LogP contribution in [0.3, 0.4) is 0 Å². The Bertz CT molecular complexity index is 235. The van der Waals surface area contributed by atoms with E-state index in [0.717, 1.165) is 19.6 Å². The summed E-state index contributed by atoms with van der Waals surface area (Å²) in [6.07, 6.45) is 1.19. The Labute approximate surface area is 98.8 Å². The van der Waals surface area contributed by atoms with Crippen LogP contribution in [0.4, 0.5) is 4.79 Å². The van der Waals surface area contributed by atoms with Crippen LogP contribution in [-0.2, 0) is 0 Å². The van der Waals surface area contributed by atoms with Crippen molar-refractivity contribution >= 4 is 6.03 Å². The molecule has 1 aliphatic rings. The van der Waals surface area contributed by atoms with Crippen molar-refractivity contribution in [1.29, 1.82) is 0 Å². The molecule has 0 radical (unpaired) electrons. The molecule has 1 fully saturated rings. The lowest BCUT2D eigenvalue weighted by Crippen LogP contribution is -2.41. The van der Waals surface area contributed by atoms with Crippen LogP contribution in [0.5, 0.6) is 0 Å². The first kappa shape index (κ1) is 13.3. The Morgan fingerprint density at radius 2 is 2.06 bits per heavy atom. The number of hydrogen-bond donors (Lipinski definition) is 2. The summed E-state index contributed by atoms with van der Waals surface area (Å²) in [5.41, 5.74) is 0.144. The minimum atomic E-state index is -0.0375. The second kappa shape index (κ2) is 5.53. The van der Waals surface area contributed by atoms with Crippen molar-refractivity contribution in [2.75, 3.05) is 33.2 Å². The maximum atomic E-state index is 11.5. The second-order valence-corrected chi connectivity index (χ2v) is 6.04. The molecule has 0 aromatic heterocycles. The van der Waals surface area contributed by atoms with Crippen LogP contribution in [0.25, 0.3) is 0 Å². The molecule has 1 rings (SSSR count). The fourth-order valence-electron chi connectivity index (χ4n) is 1.84. The predicted molar refractivity (Wildman–Crippen MR) is 66.5 cm³/mol. The van der Waals surface area contributed by atoms with Gasteiger partial charge >= 0.3 is 6.03 Å². The highest BCUT2D eigenvalue weighted by Gasteiger charge is 2.20. The average molecular weight is 227 g/mol. The molecule has 2 N–H and O–H groups in total. The molecule has 1 unspecified atom stereocenters. The second-order valence-electron chi connectivity index (χ2n) is 6.04. The van der Waals surface area contributed by atoms with Crippen LogP contribution in [0.2, 0.25) is 0 Å². The van der Waals surface area contributed by atoms with Crippen molar-refractivity contribution in [3.05, 3.63) is 0 Å². The molecule has 4 nitrogen and oxygen atoms in total. The van der Waals surface area contributed by atoms with Gasteiger partial charge in [0.15, 0.2) is 0 Å². The summed E-state index contributed by atoms with van der Waals surface area (Å²) in [7, 11) is 2.12. The lowest BCUT2D eigenvalue weighted by Gasteiger charge is -2.19. The van der Waals surface area contributed by atoms with Crippen molar-refractivity contribution in [3.8, 4) is 0 Å². The fourth-order valence-corrected chi connectivity index (χ4v) is 1.84. The number of amides is 2. The Morgan fingerprint density at radius 1 is 1.38 bits per heavy atom. The lowest BCUT2D eigenvalue weighted by molar-refractivity contribution is 0.233. The van der Waals surface area contributed by atoms with Gasteiger partial charge in [0.2, 0.25) is 0 Å². The Morgan fingerprint density at radius 3 is 2.56 bits per heavy atom. The van der Waals surface area contributed by atoms with Crippen molar-refractivity contribution < 1.29 is 4.79 Å². The maximum absolute atomic E-state index is 11.5. The SMILES string of the molecule is CN1CCC(CNC(=O)NCC(C)(C)C)C1. The van der Waals surface area contributed by atoms with E-state index < -0.39 is 0 Å². The number of rotatable bonds is 3. The summed E-state index contributed by atoms with van der Waals surface area (Å²) in [6, 6.07) is -0.0375. The zero-order chi connectivity index (χ0) is 12.2. The molecule has 1 atom stereocenters. The van der Waals surface area contributed by atoms with E-state index in [4.69, 9.17) is 0 Å². The van der Waals surface area contributed by atoms with Crippen molar-refractivity contribution in [3.63, 3.8) is 0 Å².